The summed E-state index contributed by atoms with van der Waals surface area (Å²) in [6.45, 7) is 4.32. The molecule has 6 nitrogen and oxygen atoms in total. The highest BCUT2D eigenvalue weighted by molar-refractivity contribution is 6.34. The van der Waals surface area contributed by atoms with Gasteiger partial charge in [-0.1, -0.05) is 23.7 Å². The van der Waals surface area contributed by atoms with E-state index in [9.17, 15) is 9.59 Å². The second-order valence-corrected chi connectivity index (χ2v) is 8.10. The normalized spacial score (nSPS) is 17.3. The molecule has 0 bridgehead atoms. The van der Waals surface area contributed by atoms with Gasteiger partial charge in [0, 0.05) is 51.3 Å². The third-order valence-electron chi connectivity index (χ3n) is 5.71. The summed E-state index contributed by atoms with van der Waals surface area (Å²) < 4.78 is 0. The molecule has 2 saturated heterocycles. The Kier molecular flexibility index (Phi) is 6.03. The van der Waals surface area contributed by atoms with Gasteiger partial charge in [0.05, 0.1) is 22.3 Å². The maximum Gasteiger partial charge on any atom is 0.254 e. The SMILES string of the molecule is N#Cc1ccc(CN2CCN(C(=O)c3ccc(Cl)c(N4CCCC4=O)c3)CC2)cc1. The molecule has 30 heavy (non-hydrogen) atoms. The number of amides is 2. The topological polar surface area (TPSA) is 67.7 Å². The highest BCUT2D eigenvalue weighted by atomic mass is 35.5. The molecule has 0 radical (unpaired) electrons. The molecule has 2 aliphatic rings. The van der Waals surface area contributed by atoms with Crippen LogP contribution in [0.4, 0.5) is 5.69 Å². The van der Waals surface area contributed by atoms with Crippen molar-refractivity contribution in [3.63, 3.8) is 0 Å². The molecule has 0 unspecified atom stereocenters. The Balaban J connectivity index is 1.38. The number of carbonyl (C=O) groups excluding carboxylic acids is 2. The minimum absolute atomic E-state index is 0.0300. The molecular formula is C23H23ClN4O2. The van der Waals surface area contributed by atoms with Gasteiger partial charge in [0.15, 0.2) is 0 Å². The first kappa shape index (κ1) is 20.4. The standard InChI is InChI=1S/C23H23ClN4O2/c24-20-8-7-19(14-21(20)28-9-1-2-22(28)29)23(30)27-12-10-26(11-13-27)16-18-5-3-17(15-25)4-6-18/h3-8,14H,1-2,9-13,16H2. The third-order valence-corrected chi connectivity index (χ3v) is 6.03. The van der Waals surface area contributed by atoms with Crippen molar-refractivity contribution >= 4 is 29.1 Å². The van der Waals surface area contributed by atoms with Crippen LogP contribution in [0.5, 0.6) is 0 Å². The predicted molar refractivity (Wildman–Crippen MR) is 115 cm³/mol. The molecule has 2 aromatic rings. The fraction of sp³-hybridized carbons (Fsp3) is 0.348. The average Bonchev–Trinajstić information content (AvgIpc) is 3.20. The van der Waals surface area contributed by atoms with E-state index < -0.39 is 0 Å². The van der Waals surface area contributed by atoms with Crippen LogP contribution in [0.1, 0.15) is 34.3 Å². The highest BCUT2D eigenvalue weighted by Gasteiger charge is 2.26. The largest absolute Gasteiger partial charge is 0.336 e. The summed E-state index contributed by atoms with van der Waals surface area (Å²) in [5.74, 6) is 0.0236. The van der Waals surface area contributed by atoms with Gasteiger partial charge >= 0.3 is 0 Å². The molecular weight excluding hydrogens is 400 g/mol. The van der Waals surface area contributed by atoms with Crippen LogP contribution in [0.25, 0.3) is 0 Å². The average molecular weight is 423 g/mol. The second kappa shape index (κ2) is 8.86. The monoisotopic (exact) mass is 422 g/mol. The quantitative estimate of drug-likeness (QED) is 0.758. The molecule has 4 rings (SSSR count). The Labute approximate surface area is 181 Å². The number of nitrogens with zero attached hydrogens (tertiary/aromatic N) is 4. The molecule has 7 heteroatoms. The molecule has 2 aliphatic heterocycles. The maximum absolute atomic E-state index is 13.0. The van der Waals surface area contributed by atoms with Crippen LogP contribution in [-0.2, 0) is 11.3 Å². The molecule has 2 heterocycles. The smallest absolute Gasteiger partial charge is 0.254 e. The van der Waals surface area contributed by atoms with E-state index in [4.69, 9.17) is 16.9 Å². The van der Waals surface area contributed by atoms with Gasteiger partial charge in [0.1, 0.15) is 0 Å². The number of hydrogen-bond acceptors (Lipinski definition) is 4. The number of anilines is 1. The molecule has 2 aromatic carbocycles. The molecule has 0 saturated carbocycles. The van der Waals surface area contributed by atoms with E-state index in [0.29, 0.717) is 47.9 Å². The van der Waals surface area contributed by atoms with Crippen molar-refractivity contribution < 1.29 is 9.59 Å². The zero-order valence-electron chi connectivity index (χ0n) is 16.7. The maximum atomic E-state index is 13.0. The number of nitriles is 1. The lowest BCUT2D eigenvalue weighted by molar-refractivity contribution is -0.117. The summed E-state index contributed by atoms with van der Waals surface area (Å²) >= 11 is 6.30. The summed E-state index contributed by atoms with van der Waals surface area (Å²) in [4.78, 5) is 30.9. The molecule has 0 aromatic heterocycles. The molecule has 0 aliphatic carbocycles. The molecule has 0 spiro atoms. The van der Waals surface area contributed by atoms with Crippen LogP contribution < -0.4 is 4.90 Å². The summed E-state index contributed by atoms with van der Waals surface area (Å²) in [5.41, 5.74) is 3.01. The van der Waals surface area contributed by atoms with Crippen LogP contribution in [0.15, 0.2) is 42.5 Å². The van der Waals surface area contributed by atoms with Crippen molar-refractivity contribution in [1.82, 2.24) is 9.80 Å². The number of halogens is 1. The first-order valence-corrected chi connectivity index (χ1v) is 10.5. The fourth-order valence-corrected chi connectivity index (χ4v) is 4.21. The number of rotatable bonds is 4. The Bertz CT molecular complexity index is 991. The van der Waals surface area contributed by atoms with Crippen molar-refractivity contribution in [3.05, 3.63) is 64.2 Å². The molecule has 2 fully saturated rings. The fourth-order valence-electron chi connectivity index (χ4n) is 3.99. The van der Waals surface area contributed by atoms with Crippen LogP contribution in [0, 0.1) is 11.3 Å². The van der Waals surface area contributed by atoms with E-state index in [2.05, 4.69) is 11.0 Å². The van der Waals surface area contributed by atoms with E-state index >= 15 is 0 Å². The number of benzene rings is 2. The van der Waals surface area contributed by atoms with Crippen LogP contribution in [0.3, 0.4) is 0 Å². The van der Waals surface area contributed by atoms with Gasteiger partial charge in [-0.15, -0.1) is 0 Å². The van der Waals surface area contributed by atoms with Gasteiger partial charge < -0.3 is 9.80 Å². The van der Waals surface area contributed by atoms with E-state index in [1.54, 1.807) is 23.1 Å². The van der Waals surface area contributed by atoms with E-state index in [0.717, 1.165) is 31.6 Å². The zero-order chi connectivity index (χ0) is 21.1. The molecule has 0 atom stereocenters. The predicted octanol–water partition coefficient (Wildman–Crippen LogP) is 3.30. The van der Waals surface area contributed by atoms with Crippen molar-refractivity contribution in [2.45, 2.75) is 19.4 Å². The third kappa shape index (κ3) is 4.33. The van der Waals surface area contributed by atoms with Gasteiger partial charge in [0.25, 0.3) is 5.91 Å². The highest BCUT2D eigenvalue weighted by Crippen LogP contribution is 2.31. The summed E-state index contributed by atoms with van der Waals surface area (Å²) in [6, 6.07) is 14.9. The lowest BCUT2D eigenvalue weighted by atomic mass is 10.1. The van der Waals surface area contributed by atoms with Crippen molar-refractivity contribution in [2.75, 3.05) is 37.6 Å². The minimum Gasteiger partial charge on any atom is -0.336 e. The number of hydrogen-bond donors (Lipinski definition) is 0. The molecule has 0 N–H and O–H groups in total. The summed E-state index contributed by atoms with van der Waals surface area (Å²) in [5, 5.41) is 9.40. The van der Waals surface area contributed by atoms with Gasteiger partial charge in [-0.2, -0.15) is 5.26 Å². The molecule has 154 valence electrons. The Hall–Kier alpha value is -2.88. The van der Waals surface area contributed by atoms with Crippen LogP contribution >= 0.6 is 11.6 Å². The van der Waals surface area contributed by atoms with Gasteiger partial charge in [-0.05, 0) is 42.3 Å². The Morgan fingerprint density at radius 3 is 2.40 bits per heavy atom. The lowest BCUT2D eigenvalue weighted by Gasteiger charge is -2.35. The second-order valence-electron chi connectivity index (χ2n) is 7.69. The lowest BCUT2D eigenvalue weighted by Crippen LogP contribution is -2.48. The summed E-state index contributed by atoms with van der Waals surface area (Å²) in [6.07, 6.45) is 1.34. The number of carbonyl (C=O) groups is 2. The Morgan fingerprint density at radius 2 is 1.77 bits per heavy atom. The van der Waals surface area contributed by atoms with Crippen molar-refractivity contribution in [1.29, 1.82) is 5.26 Å². The Morgan fingerprint density at radius 1 is 1.03 bits per heavy atom. The first-order chi connectivity index (χ1) is 14.5. The van der Waals surface area contributed by atoms with E-state index in [1.807, 2.05) is 29.2 Å². The van der Waals surface area contributed by atoms with Crippen molar-refractivity contribution in [2.24, 2.45) is 0 Å². The molecule has 2 amide bonds. The van der Waals surface area contributed by atoms with Gasteiger partial charge in [0.2, 0.25) is 5.91 Å². The van der Waals surface area contributed by atoms with Crippen molar-refractivity contribution in [3.8, 4) is 6.07 Å². The van der Waals surface area contributed by atoms with Crippen LogP contribution in [-0.4, -0.2) is 54.3 Å². The van der Waals surface area contributed by atoms with Gasteiger partial charge in [-0.3, -0.25) is 14.5 Å². The zero-order valence-corrected chi connectivity index (χ0v) is 17.4. The van der Waals surface area contributed by atoms with Gasteiger partial charge in [-0.25, -0.2) is 0 Å². The minimum atomic E-state index is -0.0300. The number of piperazine rings is 1. The first-order valence-electron chi connectivity index (χ1n) is 10.2. The van der Waals surface area contributed by atoms with E-state index in [1.165, 1.54) is 0 Å². The summed E-state index contributed by atoms with van der Waals surface area (Å²) in [7, 11) is 0. The van der Waals surface area contributed by atoms with Crippen LogP contribution in [0.2, 0.25) is 5.02 Å². The van der Waals surface area contributed by atoms with E-state index in [-0.39, 0.29) is 11.8 Å².